The molecule has 1 aliphatic rings. The third kappa shape index (κ3) is 5.95. The summed E-state index contributed by atoms with van der Waals surface area (Å²) in [7, 11) is 0. The Morgan fingerprint density at radius 1 is 0.960 bits per heavy atom. The van der Waals surface area contributed by atoms with Gasteiger partial charge >= 0.3 is 0 Å². The first-order chi connectivity index (χ1) is 12.0. The van der Waals surface area contributed by atoms with Gasteiger partial charge in [0.1, 0.15) is 5.76 Å². The molecule has 0 radical (unpaired) electrons. The maximum atomic E-state index is 5.46. The first-order valence-electron chi connectivity index (χ1n) is 9.76. The second-order valence-electron chi connectivity index (χ2n) is 8.52. The molecule has 3 rings (SSSR count). The molecule has 0 saturated heterocycles. The Bertz CT molecular complexity index is 613. The van der Waals surface area contributed by atoms with Gasteiger partial charge in [-0.2, -0.15) is 11.8 Å². The first kappa shape index (κ1) is 18.6. The zero-order chi connectivity index (χ0) is 17.7. The molecule has 2 heteroatoms. The van der Waals surface area contributed by atoms with Gasteiger partial charge in [-0.1, -0.05) is 57.9 Å². The van der Waals surface area contributed by atoms with Crippen molar-refractivity contribution in [2.24, 2.45) is 11.8 Å². The van der Waals surface area contributed by atoms with Crippen molar-refractivity contribution in [3.8, 4) is 11.3 Å². The summed E-state index contributed by atoms with van der Waals surface area (Å²) < 4.78 is 5.88. The molecule has 0 amide bonds. The molecule has 0 spiro atoms. The summed E-state index contributed by atoms with van der Waals surface area (Å²) in [5.74, 6) is 4.19. The van der Waals surface area contributed by atoms with Crippen molar-refractivity contribution in [2.45, 2.75) is 64.0 Å². The summed E-state index contributed by atoms with van der Waals surface area (Å²) in [6, 6.07) is 12.9. The molecule has 1 nitrogen and oxygen atoms in total. The number of hydrogen-bond acceptors (Lipinski definition) is 2. The van der Waals surface area contributed by atoms with Gasteiger partial charge in [0.2, 0.25) is 0 Å². The quantitative estimate of drug-likeness (QED) is 0.542. The van der Waals surface area contributed by atoms with Crippen LogP contribution in [-0.4, -0.2) is 10.5 Å². The highest BCUT2D eigenvalue weighted by Crippen LogP contribution is 2.36. The Labute approximate surface area is 157 Å². The standard InChI is InChI=1S/C23H32OS/c1-23(2,3)25-17-20-10-8-18(9-11-20)6-7-19-12-14-21(15-13-19)22-5-4-16-24-22/h4-5,12-16,18,20H,6-11,17H2,1-3H3. The van der Waals surface area contributed by atoms with Gasteiger partial charge in [0.05, 0.1) is 6.26 Å². The van der Waals surface area contributed by atoms with Gasteiger partial charge in [-0.15, -0.1) is 0 Å². The highest BCUT2D eigenvalue weighted by atomic mass is 32.2. The smallest absolute Gasteiger partial charge is 0.133 e. The molecule has 0 aliphatic heterocycles. The second kappa shape index (κ2) is 8.49. The van der Waals surface area contributed by atoms with Crippen molar-refractivity contribution in [1.29, 1.82) is 0 Å². The molecule has 25 heavy (non-hydrogen) atoms. The van der Waals surface area contributed by atoms with Crippen molar-refractivity contribution in [3.63, 3.8) is 0 Å². The Morgan fingerprint density at radius 2 is 1.64 bits per heavy atom. The molecule has 136 valence electrons. The number of thioether (sulfide) groups is 1. The van der Waals surface area contributed by atoms with Gasteiger partial charge in [0, 0.05) is 10.3 Å². The van der Waals surface area contributed by atoms with Crippen molar-refractivity contribution < 1.29 is 4.42 Å². The van der Waals surface area contributed by atoms with Crippen molar-refractivity contribution in [2.75, 3.05) is 5.75 Å². The van der Waals surface area contributed by atoms with Crippen LogP contribution in [0.1, 0.15) is 58.4 Å². The van der Waals surface area contributed by atoms with Crippen LogP contribution in [0.5, 0.6) is 0 Å². The fourth-order valence-electron chi connectivity index (χ4n) is 3.70. The molecule has 1 fully saturated rings. The van der Waals surface area contributed by atoms with E-state index in [1.54, 1.807) is 6.26 Å². The summed E-state index contributed by atoms with van der Waals surface area (Å²) in [6.07, 6.45) is 10.0. The molecule has 1 aromatic carbocycles. The van der Waals surface area contributed by atoms with E-state index in [9.17, 15) is 0 Å². The van der Waals surface area contributed by atoms with Crippen LogP contribution in [0.15, 0.2) is 47.1 Å². The van der Waals surface area contributed by atoms with E-state index in [0.717, 1.165) is 17.6 Å². The van der Waals surface area contributed by atoms with Crippen LogP contribution in [0, 0.1) is 11.8 Å². The zero-order valence-electron chi connectivity index (χ0n) is 16.0. The Kier molecular flexibility index (Phi) is 6.33. The van der Waals surface area contributed by atoms with Crippen molar-refractivity contribution in [1.82, 2.24) is 0 Å². The molecule has 1 aliphatic carbocycles. The van der Waals surface area contributed by atoms with E-state index in [0.29, 0.717) is 4.75 Å². The number of benzene rings is 1. The molecule has 0 bridgehead atoms. The Morgan fingerprint density at radius 3 is 2.24 bits per heavy atom. The minimum absolute atomic E-state index is 0.415. The number of aryl methyl sites for hydroxylation is 1. The third-order valence-corrected chi connectivity index (χ3v) is 6.82. The molecule has 0 unspecified atom stereocenters. The van der Waals surface area contributed by atoms with Crippen LogP contribution >= 0.6 is 11.8 Å². The summed E-state index contributed by atoms with van der Waals surface area (Å²) >= 11 is 2.14. The topological polar surface area (TPSA) is 13.1 Å². The van der Waals surface area contributed by atoms with Crippen LogP contribution in [0.2, 0.25) is 0 Å². The lowest BCUT2D eigenvalue weighted by molar-refractivity contribution is 0.280. The largest absolute Gasteiger partial charge is 0.464 e. The molecule has 1 heterocycles. The summed E-state index contributed by atoms with van der Waals surface area (Å²) in [6.45, 7) is 7.00. The van der Waals surface area contributed by atoms with Crippen LogP contribution in [-0.2, 0) is 6.42 Å². The van der Waals surface area contributed by atoms with Crippen molar-refractivity contribution in [3.05, 3.63) is 48.2 Å². The second-order valence-corrected chi connectivity index (χ2v) is 10.4. The molecule has 2 aromatic rings. The van der Waals surface area contributed by atoms with Gasteiger partial charge in [-0.25, -0.2) is 0 Å². The normalized spacial score (nSPS) is 21.4. The Balaban J connectivity index is 1.40. The highest BCUT2D eigenvalue weighted by molar-refractivity contribution is 8.00. The minimum Gasteiger partial charge on any atom is -0.464 e. The van der Waals surface area contributed by atoms with Crippen LogP contribution in [0.3, 0.4) is 0 Å². The summed E-state index contributed by atoms with van der Waals surface area (Å²) in [5.41, 5.74) is 2.63. The number of furan rings is 1. The van der Waals surface area contributed by atoms with E-state index >= 15 is 0 Å². The molecule has 0 N–H and O–H groups in total. The lowest BCUT2D eigenvalue weighted by atomic mass is 9.80. The van der Waals surface area contributed by atoms with E-state index in [-0.39, 0.29) is 0 Å². The minimum atomic E-state index is 0.415. The van der Waals surface area contributed by atoms with Gasteiger partial charge < -0.3 is 4.42 Å². The average molecular weight is 357 g/mol. The molecular weight excluding hydrogens is 324 g/mol. The van der Waals surface area contributed by atoms with Gasteiger partial charge in [0.25, 0.3) is 0 Å². The van der Waals surface area contributed by atoms with Crippen LogP contribution in [0.25, 0.3) is 11.3 Å². The van der Waals surface area contributed by atoms with E-state index in [1.165, 1.54) is 55.4 Å². The van der Waals surface area contributed by atoms with Crippen molar-refractivity contribution >= 4 is 11.8 Å². The monoisotopic (exact) mass is 356 g/mol. The van der Waals surface area contributed by atoms with Gasteiger partial charge in [-0.05, 0) is 61.0 Å². The maximum absolute atomic E-state index is 5.46. The summed E-state index contributed by atoms with van der Waals surface area (Å²) in [5, 5.41) is 0. The van der Waals surface area contributed by atoms with Gasteiger partial charge in [0.15, 0.2) is 0 Å². The third-order valence-electron chi connectivity index (χ3n) is 5.32. The zero-order valence-corrected chi connectivity index (χ0v) is 16.8. The Hall–Kier alpha value is -1.15. The van der Waals surface area contributed by atoms with E-state index < -0.39 is 0 Å². The fraction of sp³-hybridized carbons (Fsp3) is 0.565. The van der Waals surface area contributed by atoms with E-state index in [1.807, 2.05) is 12.1 Å². The number of hydrogen-bond donors (Lipinski definition) is 0. The fourth-order valence-corrected chi connectivity index (χ4v) is 4.77. The number of rotatable bonds is 6. The highest BCUT2D eigenvalue weighted by Gasteiger charge is 2.22. The van der Waals surface area contributed by atoms with E-state index in [2.05, 4.69) is 56.8 Å². The average Bonchev–Trinajstić information content (AvgIpc) is 3.13. The predicted octanol–water partition coefficient (Wildman–Crippen LogP) is 7.22. The van der Waals surface area contributed by atoms with Gasteiger partial charge in [-0.3, -0.25) is 0 Å². The maximum Gasteiger partial charge on any atom is 0.133 e. The molecule has 1 saturated carbocycles. The van der Waals surface area contributed by atoms with Crippen LogP contribution < -0.4 is 0 Å². The predicted molar refractivity (Wildman–Crippen MR) is 110 cm³/mol. The lowest BCUT2D eigenvalue weighted by Crippen LogP contribution is -2.19. The summed E-state index contributed by atoms with van der Waals surface area (Å²) in [4.78, 5) is 0. The SMILES string of the molecule is CC(C)(C)SCC1CCC(CCc2ccc(-c3ccco3)cc2)CC1. The molecular formula is C23H32OS. The molecule has 1 aromatic heterocycles. The molecule has 0 atom stereocenters. The van der Waals surface area contributed by atoms with Crippen LogP contribution in [0.4, 0.5) is 0 Å². The first-order valence-corrected chi connectivity index (χ1v) is 10.7. The lowest BCUT2D eigenvalue weighted by Gasteiger charge is -2.30. The van der Waals surface area contributed by atoms with E-state index in [4.69, 9.17) is 4.42 Å².